The number of rotatable bonds is 7. The van der Waals surface area contributed by atoms with Gasteiger partial charge in [-0.1, -0.05) is 25.1 Å². The molecule has 0 aromatic heterocycles. The number of benzene rings is 1. The molecule has 1 fully saturated rings. The number of nitrogens with one attached hydrogen (secondary N) is 1. The second-order valence-electron chi connectivity index (χ2n) is 5.10. The summed E-state index contributed by atoms with van der Waals surface area (Å²) < 4.78 is 5.65. The lowest BCUT2D eigenvalue weighted by molar-refractivity contribution is 0.259. The Balaban J connectivity index is 1.82. The zero-order chi connectivity index (χ0) is 13.5. The molecular weight excluding hydrogens is 236 g/mol. The maximum atomic E-state index is 5.65. The molecule has 1 aliphatic rings. The molecule has 0 aliphatic carbocycles. The minimum Gasteiger partial charge on any atom is -0.494 e. The largest absolute Gasteiger partial charge is 0.494 e. The van der Waals surface area contributed by atoms with Gasteiger partial charge in [0, 0.05) is 24.7 Å². The maximum Gasteiger partial charge on any atom is 0.123 e. The molecule has 1 aromatic carbocycles. The summed E-state index contributed by atoms with van der Waals surface area (Å²) in [5, 5.41) is 3.59. The maximum absolute atomic E-state index is 5.65. The molecule has 0 radical (unpaired) electrons. The van der Waals surface area contributed by atoms with Crippen molar-refractivity contribution in [2.45, 2.75) is 39.3 Å². The highest BCUT2D eigenvalue weighted by molar-refractivity contribution is 5.33. The van der Waals surface area contributed by atoms with Crippen LogP contribution in [0, 0.1) is 0 Å². The van der Waals surface area contributed by atoms with Crippen LogP contribution >= 0.6 is 0 Å². The Hall–Kier alpha value is -1.06. The monoisotopic (exact) mass is 262 g/mol. The molecule has 0 amide bonds. The summed E-state index contributed by atoms with van der Waals surface area (Å²) >= 11 is 0. The van der Waals surface area contributed by atoms with E-state index >= 15 is 0 Å². The first-order chi connectivity index (χ1) is 9.35. The van der Waals surface area contributed by atoms with Gasteiger partial charge in [0.25, 0.3) is 0 Å². The average molecular weight is 262 g/mol. The van der Waals surface area contributed by atoms with Gasteiger partial charge in [-0.15, -0.1) is 0 Å². The highest BCUT2D eigenvalue weighted by Crippen LogP contribution is 2.19. The van der Waals surface area contributed by atoms with Gasteiger partial charge in [0.05, 0.1) is 6.61 Å². The van der Waals surface area contributed by atoms with Crippen LogP contribution in [0.15, 0.2) is 24.3 Å². The van der Waals surface area contributed by atoms with Crippen LogP contribution in [-0.2, 0) is 6.54 Å². The number of likely N-dealkylation sites (tertiary alicyclic amines) is 1. The van der Waals surface area contributed by atoms with E-state index in [4.69, 9.17) is 4.74 Å². The number of hydrogen-bond acceptors (Lipinski definition) is 3. The molecule has 0 unspecified atom stereocenters. The van der Waals surface area contributed by atoms with Crippen molar-refractivity contribution in [3.8, 4) is 5.75 Å². The van der Waals surface area contributed by atoms with Crippen molar-refractivity contribution >= 4 is 0 Å². The van der Waals surface area contributed by atoms with E-state index in [2.05, 4.69) is 35.3 Å². The second kappa shape index (κ2) is 7.51. The van der Waals surface area contributed by atoms with Crippen molar-refractivity contribution in [1.82, 2.24) is 10.2 Å². The highest BCUT2D eigenvalue weighted by Gasteiger charge is 2.22. The van der Waals surface area contributed by atoms with E-state index in [1.807, 2.05) is 13.0 Å². The number of para-hydroxylation sites is 1. The van der Waals surface area contributed by atoms with Crippen LogP contribution in [0.4, 0.5) is 0 Å². The SMILES string of the molecule is CCOc1ccccc1CNC[C@@H]1CCCN1CC. The fourth-order valence-corrected chi connectivity index (χ4v) is 2.86. The van der Waals surface area contributed by atoms with E-state index in [9.17, 15) is 0 Å². The first kappa shape index (κ1) is 14.4. The summed E-state index contributed by atoms with van der Waals surface area (Å²) in [4.78, 5) is 2.57. The molecule has 1 aliphatic heterocycles. The third-order valence-electron chi connectivity index (χ3n) is 3.87. The van der Waals surface area contributed by atoms with Crippen LogP contribution in [-0.4, -0.2) is 37.2 Å². The number of hydrogen-bond donors (Lipinski definition) is 1. The molecule has 1 atom stereocenters. The van der Waals surface area contributed by atoms with Gasteiger partial charge in [-0.2, -0.15) is 0 Å². The van der Waals surface area contributed by atoms with Crippen LogP contribution < -0.4 is 10.1 Å². The van der Waals surface area contributed by atoms with Gasteiger partial charge < -0.3 is 10.1 Å². The van der Waals surface area contributed by atoms with Crippen LogP contribution in [0.3, 0.4) is 0 Å². The summed E-state index contributed by atoms with van der Waals surface area (Å²) in [7, 11) is 0. The Morgan fingerprint density at radius 2 is 2.16 bits per heavy atom. The minimum absolute atomic E-state index is 0.712. The van der Waals surface area contributed by atoms with E-state index in [1.54, 1.807) is 0 Å². The second-order valence-corrected chi connectivity index (χ2v) is 5.10. The van der Waals surface area contributed by atoms with E-state index in [0.717, 1.165) is 25.4 Å². The Kier molecular flexibility index (Phi) is 5.67. The fourth-order valence-electron chi connectivity index (χ4n) is 2.86. The van der Waals surface area contributed by atoms with E-state index in [1.165, 1.54) is 31.5 Å². The molecule has 1 saturated heterocycles. The zero-order valence-electron chi connectivity index (χ0n) is 12.2. The molecular formula is C16H26N2O. The Morgan fingerprint density at radius 3 is 2.95 bits per heavy atom. The molecule has 0 spiro atoms. The highest BCUT2D eigenvalue weighted by atomic mass is 16.5. The summed E-state index contributed by atoms with van der Waals surface area (Å²) in [6.07, 6.45) is 2.67. The predicted octanol–water partition coefficient (Wildman–Crippen LogP) is 2.66. The molecule has 1 heterocycles. The molecule has 19 heavy (non-hydrogen) atoms. The molecule has 106 valence electrons. The van der Waals surface area contributed by atoms with Crippen molar-refractivity contribution in [2.75, 3.05) is 26.2 Å². The van der Waals surface area contributed by atoms with Crippen molar-refractivity contribution in [2.24, 2.45) is 0 Å². The summed E-state index contributed by atoms with van der Waals surface area (Å²) in [6.45, 7) is 9.41. The number of ether oxygens (including phenoxy) is 1. The van der Waals surface area contributed by atoms with Crippen molar-refractivity contribution in [1.29, 1.82) is 0 Å². The van der Waals surface area contributed by atoms with E-state index in [-0.39, 0.29) is 0 Å². The number of nitrogens with zero attached hydrogens (tertiary/aromatic N) is 1. The third kappa shape index (κ3) is 3.95. The van der Waals surface area contributed by atoms with Crippen LogP contribution in [0.5, 0.6) is 5.75 Å². The standard InChI is InChI=1S/C16H26N2O/c1-3-18-11-7-9-15(18)13-17-12-14-8-5-6-10-16(14)19-4-2/h5-6,8,10,15,17H,3-4,7,9,11-13H2,1-2H3/t15-/m0/s1. The lowest BCUT2D eigenvalue weighted by atomic mass is 10.2. The molecule has 2 rings (SSSR count). The molecule has 1 aromatic rings. The molecule has 3 nitrogen and oxygen atoms in total. The van der Waals surface area contributed by atoms with Gasteiger partial charge in [-0.25, -0.2) is 0 Å². The third-order valence-corrected chi connectivity index (χ3v) is 3.87. The number of likely N-dealkylation sites (N-methyl/N-ethyl adjacent to an activating group) is 1. The van der Waals surface area contributed by atoms with Crippen molar-refractivity contribution in [3.63, 3.8) is 0 Å². The Morgan fingerprint density at radius 1 is 1.32 bits per heavy atom. The average Bonchev–Trinajstić information content (AvgIpc) is 2.88. The molecule has 0 saturated carbocycles. The normalized spacial score (nSPS) is 19.8. The molecule has 0 bridgehead atoms. The van der Waals surface area contributed by atoms with Gasteiger partial charge in [-0.3, -0.25) is 4.90 Å². The first-order valence-corrected chi connectivity index (χ1v) is 7.50. The van der Waals surface area contributed by atoms with Crippen LogP contribution in [0.25, 0.3) is 0 Å². The minimum atomic E-state index is 0.712. The van der Waals surface area contributed by atoms with Crippen LogP contribution in [0.2, 0.25) is 0 Å². The topological polar surface area (TPSA) is 24.5 Å². The van der Waals surface area contributed by atoms with Gasteiger partial charge in [0.1, 0.15) is 5.75 Å². The lowest BCUT2D eigenvalue weighted by Gasteiger charge is -2.23. The van der Waals surface area contributed by atoms with Crippen molar-refractivity contribution in [3.05, 3.63) is 29.8 Å². The Labute approximate surface area is 116 Å². The molecule has 3 heteroatoms. The first-order valence-electron chi connectivity index (χ1n) is 7.50. The van der Waals surface area contributed by atoms with E-state index < -0.39 is 0 Å². The van der Waals surface area contributed by atoms with E-state index in [0.29, 0.717) is 6.04 Å². The lowest BCUT2D eigenvalue weighted by Crippen LogP contribution is -2.37. The fraction of sp³-hybridized carbons (Fsp3) is 0.625. The van der Waals surface area contributed by atoms with Crippen molar-refractivity contribution < 1.29 is 4.74 Å². The smallest absolute Gasteiger partial charge is 0.123 e. The molecule has 1 N–H and O–H groups in total. The zero-order valence-corrected chi connectivity index (χ0v) is 12.2. The van der Waals surface area contributed by atoms with Gasteiger partial charge >= 0.3 is 0 Å². The van der Waals surface area contributed by atoms with Gasteiger partial charge in [0.15, 0.2) is 0 Å². The Bertz CT molecular complexity index is 381. The predicted molar refractivity (Wildman–Crippen MR) is 79.6 cm³/mol. The summed E-state index contributed by atoms with van der Waals surface area (Å²) in [6, 6.07) is 9.01. The summed E-state index contributed by atoms with van der Waals surface area (Å²) in [5.41, 5.74) is 1.25. The van der Waals surface area contributed by atoms with Gasteiger partial charge in [-0.05, 0) is 38.9 Å². The summed E-state index contributed by atoms with van der Waals surface area (Å²) in [5.74, 6) is 1.01. The van der Waals surface area contributed by atoms with Crippen LogP contribution in [0.1, 0.15) is 32.3 Å². The van der Waals surface area contributed by atoms with Gasteiger partial charge in [0.2, 0.25) is 0 Å². The quantitative estimate of drug-likeness (QED) is 0.817.